The molecule has 7 heteroatoms. The van der Waals surface area contributed by atoms with Gasteiger partial charge in [-0.1, -0.05) is 13.8 Å². The Kier molecular flexibility index (Phi) is 5.48. The lowest BCUT2D eigenvalue weighted by atomic mass is 10.0. The molecule has 21 heavy (non-hydrogen) atoms. The lowest BCUT2D eigenvalue weighted by Crippen LogP contribution is -2.55. The highest BCUT2D eigenvalue weighted by Crippen LogP contribution is 2.12. The number of carbonyl (C=O) groups is 2. The number of hydrogen-bond donors (Lipinski definition) is 2. The topological polar surface area (TPSA) is 93.5 Å². The largest absolute Gasteiger partial charge is 0.479 e. The van der Waals surface area contributed by atoms with Gasteiger partial charge in [-0.15, -0.1) is 0 Å². The third kappa shape index (κ3) is 4.04. The molecular formula is C14H23N3O4. The summed E-state index contributed by atoms with van der Waals surface area (Å²) in [6.45, 7) is 7.89. The van der Waals surface area contributed by atoms with Crippen LogP contribution in [0.2, 0.25) is 0 Å². The van der Waals surface area contributed by atoms with E-state index in [0.29, 0.717) is 23.7 Å². The molecule has 118 valence electrons. The summed E-state index contributed by atoms with van der Waals surface area (Å²) in [5.41, 5.74) is -0.385. The van der Waals surface area contributed by atoms with E-state index in [2.05, 4.69) is 24.3 Å². The van der Waals surface area contributed by atoms with Gasteiger partial charge in [-0.3, -0.25) is 9.48 Å². The highest BCUT2D eigenvalue weighted by molar-refractivity contribution is 5.98. The Morgan fingerprint density at radius 3 is 2.62 bits per heavy atom. The Morgan fingerprint density at radius 1 is 1.52 bits per heavy atom. The Bertz CT molecular complexity index is 524. The van der Waals surface area contributed by atoms with Crippen LogP contribution in [0.15, 0.2) is 6.20 Å². The monoisotopic (exact) mass is 297 g/mol. The number of methoxy groups -OCH3 is 1. The fraction of sp³-hybridized carbons (Fsp3) is 0.643. The Morgan fingerprint density at radius 2 is 2.14 bits per heavy atom. The number of aliphatic carboxylic acids is 1. The van der Waals surface area contributed by atoms with E-state index < -0.39 is 17.4 Å². The number of carboxylic acids is 1. The van der Waals surface area contributed by atoms with Crippen LogP contribution in [0.1, 0.15) is 36.8 Å². The SMILES string of the molecule is COCC(C)(NC(=O)c1cnn(CC(C)C)c1C)C(=O)O. The number of amides is 1. The average molecular weight is 297 g/mol. The number of ether oxygens (including phenoxy) is 1. The minimum Gasteiger partial charge on any atom is -0.479 e. The first-order chi connectivity index (χ1) is 9.71. The first-order valence-corrected chi connectivity index (χ1v) is 6.78. The number of hydrogen-bond acceptors (Lipinski definition) is 4. The van der Waals surface area contributed by atoms with Crippen LogP contribution in [0.25, 0.3) is 0 Å². The molecule has 0 aliphatic carbocycles. The number of rotatable bonds is 7. The predicted octanol–water partition coefficient (Wildman–Crippen LogP) is 1.07. The molecule has 7 nitrogen and oxygen atoms in total. The molecule has 0 spiro atoms. The fourth-order valence-electron chi connectivity index (χ4n) is 1.96. The van der Waals surface area contributed by atoms with Gasteiger partial charge in [-0.2, -0.15) is 5.10 Å². The maximum Gasteiger partial charge on any atom is 0.331 e. The first kappa shape index (κ1) is 17.2. The fourth-order valence-corrected chi connectivity index (χ4v) is 1.96. The molecule has 1 heterocycles. The van der Waals surface area contributed by atoms with Gasteiger partial charge in [0.1, 0.15) is 0 Å². The van der Waals surface area contributed by atoms with E-state index in [1.807, 2.05) is 0 Å². The summed E-state index contributed by atoms with van der Waals surface area (Å²) >= 11 is 0. The van der Waals surface area contributed by atoms with Gasteiger partial charge >= 0.3 is 5.97 Å². The Labute approximate surface area is 124 Å². The van der Waals surface area contributed by atoms with Gasteiger partial charge in [-0.25, -0.2) is 4.79 Å². The zero-order valence-electron chi connectivity index (χ0n) is 13.1. The van der Waals surface area contributed by atoms with Gasteiger partial charge in [0.25, 0.3) is 5.91 Å². The van der Waals surface area contributed by atoms with E-state index in [9.17, 15) is 14.7 Å². The molecule has 0 aliphatic rings. The first-order valence-electron chi connectivity index (χ1n) is 6.78. The summed E-state index contributed by atoms with van der Waals surface area (Å²) in [4.78, 5) is 23.6. The van der Waals surface area contributed by atoms with E-state index in [1.54, 1.807) is 11.6 Å². The lowest BCUT2D eigenvalue weighted by molar-refractivity contribution is -0.145. The van der Waals surface area contributed by atoms with Crippen molar-refractivity contribution >= 4 is 11.9 Å². The minimum atomic E-state index is -1.47. The maximum absolute atomic E-state index is 12.3. The van der Waals surface area contributed by atoms with Crippen molar-refractivity contribution in [1.82, 2.24) is 15.1 Å². The lowest BCUT2D eigenvalue weighted by Gasteiger charge is -2.25. The normalized spacial score (nSPS) is 14.0. The van der Waals surface area contributed by atoms with Gasteiger partial charge in [0.05, 0.1) is 18.4 Å². The number of carboxylic acid groups (broad SMARTS) is 1. The molecule has 1 amide bonds. The molecule has 0 saturated heterocycles. The van der Waals surface area contributed by atoms with Crippen LogP contribution in [0, 0.1) is 12.8 Å². The summed E-state index contributed by atoms with van der Waals surface area (Å²) in [5.74, 6) is -1.22. The smallest absolute Gasteiger partial charge is 0.331 e. The van der Waals surface area contributed by atoms with Crippen molar-refractivity contribution in [3.8, 4) is 0 Å². The van der Waals surface area contributed by atoms with E-state index in [-0.39, 0.29) is 6.61 Å². The van der Waals surface area contributed by atoms with Gasteiger partial charge in [0, 0.05) is 19.3 Å². The third-order valence-electron chi connectivity index (χ3n) is 3.18. The molecule has 1 aromatic heterocycles. The van der Waals surface area contributed by atoms with E-state index in [4.69, 9.17) is 4.74 Å². The van der Waals surface area contributed by atoms with Crippen molar-refractivity contribution in [1.29, 1.82) is 0 Å². The average Bonchev–Trinajstić information content (AvgIpc) is 2.70. The standard InChI is InChI=1S/C14H23N3O4/c1-9(2)7-17-10(3)11(6-15-17)12(18)16-14(4,8-21-5)13(19)20/h6,9H,7-8H2,1-5H3,(H,16,18)(H,19,20). The highest BCUT2D eigenvalue weighted by Gasteiger charge is 2.36. The van der Waals surface area contributed by atoms with E-state index >= 15 is 0 Å². The second kappa shape index (κ2) is 6.71. The van der Waals surface area contributed by atoms with Crippen LogP contribution < -0.4 is 5.32 Å². The number of carbonyl (C=O) groups excluding carboxylic acids is 1. The molecule has 1 rings (SSSR count). The second-order valence-corrected chi connectivity index (χ2v) is 5.74. The van der Waals surface area contributed by atoms with Crippen molar-refractivity contribution in [2.24, 2.45) is 5.92 Å². The van der Waals surface area contributed by atoms with Crippen LogP contribution in [0.3, 0.4) is 0 Å². The van der Waals surface area contributed by atoms with Crippen LogP contribution in [0.5, 0.6) is 0 Å². The summed E-state index contributed by atoms with van der Waals surface area (Å²) < 4.78 is 6.62. The van der Waals surface area contributed by atoms with Gasteiger partial charge in [-0.05, 0) is 19.8 Å². The Hall–Kier alpha value is -1.89. The maximum atomic E-state index is 12.3. The zero-order valence-corrected chi connectivity index (χ0v) is 13.1. The van der Waals surface area contributed by atoms with Crippen LogP contribution in [-0.2, 0) is 16.1 Å². The van der Waals surface area contributed by atoms with Crippen molar-refractivity contribution in [3.05, 3.63) is 17.5 Å². The number of aromatic nitrogens is 2. The number of nitrogens with zero attached hydrogens (tertiary/aromatic N) is 2. The zero-order chi connectivity index (χ0) is 16.2. The van der Waals surface area contributed by atoms with Crippen molar-refractivity contribution in [2.75, 3.05) is 13.7 Å². The molecule has 0 radical (unpaired) electrons. The summed E-state index contributed by atoms with van der Waals surface area (Å²) in [5, 5.41) is 15.9. The van der Waals surface area contributed by atoms with Gasteiger partial charge in [0.2, 0.25) is 0 Å². The second-order valence-electron chi connectivity index (χ2n) is 5.74. The Balaban J connectivity index is 2.94. The molecule has 0 bridgehead atoms. The van der Waals surface area contributed by atoms with Crippen LogP contribution >= 0.6 is 0 Å². The summed E-state index contributed by atoms with van der Waals surface area (Å²) in [6, 6.07) is 0. The highest BCUT2D eigenvalue weighted by atomic mass is 16.5. The van der Waals surface area contributed by atoms with Crippen molar-refractivity contribution in [2.45, 2.75) is 39.8 Å². The molecule has 0 aromatic carbocycles. The molecule has 1 atom stereocenters. The van der Waals surface area contributed by atoms with Crippen LogP contribution in [-0.4, -0.2) is 46.0 Å². The van der Waals surface area contributed by atoms with E-state index in [1.165, 1.54) is 20.2 Å². The molecule has 1 unspecified atom stereocenters. The van der Waals surface area contributed by atoms with Gasteiger partial charge in [0.15, 0.2) is 5.54 Å². The molecular weight excluding hydrogens is 274 g/mol. The predicted molar refractivity (Wildman–Crippen MR) is 77.2 cm³/mol. The quantitative estimate of drug-likeness (QED) is 0.785. The van der Waals surface area contributed by atoms with Gasteiger partial charge < -0.3 is 15.2 Å². The summed E-state index contributed by atoms with van der Waals surface area (Å²) in [7, 11) is 1.39. The molecule has 0 fully saturated rings. The van der Waals surface area contributed by atoms with E-state index in [0.717, 1.165) is 0 Å². The molecule has 0 aliphatic heterocycles. The summed E-state index contributed by atoms with van der Waals surface area (Å²) in [6.07, 6.45) is 1.46. The van der Waals surface area contributed by atoms with Crippen LogP contribution in [0.4, 0.5) is 0 Å². The number of nitrogens with one attached hydrogen (secondary N) is 1. The minimum absolute atomic E-state index is 0.118. The van der Waals surface area contributed by atoms with Crippen molar-refractivity contribution < 1.29 is 19.4 Å². The molecule has 2 N–H and O–H groups in total. The molecule has 0 saturated carbocycles. The third-order valence-corrected chi connectivity index (χ3v) is 3.18. The van der Waals surface area contributed by atoms with Crippen molar-refractivity contribution in [3.63, 3.8) is 0 Å². The molecule has 1 aromatic rings.